The molecule has 0 spiro atoms. The number of rotatable bonds is 5. The molecule has 0 saturated carbocycles. The average molecular weight is 381 g/mol. The summed E-state index contributed by atoms with van der Waals surface area (Å²) in [5.41, 5.74) is 1.21. The number of imidazole rings is 1. The van der Waals surface area contributed by atoms with Gasteiger partial charge in [0.2, 0.25) is 0 Å². The highest BCUT2D eigenvalue weighted by Crippen LogP contribution is 2.14. The molecule has 0 bridgehead atoms. The fourth-order valence-corrected chi connectivity index (χ4v) is 3.43. The largest absolute Gasteiger partial charge is 0.356 e. The number of benzene rings is 1. The van der Waals surface area contributed by atoms with Crippen LogP contribution in [0.3, 0.4) is 0 Å². The highest BCUT2D eigenvalue weighted by molar-refractivity contribution is 5.81. The second kappa shape index (κ2) is 7.34. The summed E-state index contributed by atoms with van der Waals surface area (Å²) in [5, 5.41) is 6.42. The minimum absolute atomic E-state index is 0.331. The summed E-state index contributed by atoms with van der Waals surface area (Å²) in [6, 6.07) is 9.91. The maximum Gasteiger partial charge on any atom is 0.332 e. The van der Waals surface area contributed by atoms with Crippen molar-refractivity contribution in [2.75, 3.05) is 19.6 Å². The molecule has 0 radical (unpaired) electrons. The number of hydrogen-bond acceptors (Lipinski definition) is 6. The first-order valence-corrected chi connectivity index (χ1v) is 9.27. The molecule has 1 aliphatic rings. The lowest BCUT2D eigenvalue weighted by Crippen LogP contribution is -2.37. The van der Waals surface area contributed by atoms with Crippen molar-refractivity contribution in [3.05, 3.63) is 62.6 Å². The zero-order valence-electron chi connectivity index (χ0n) is 16.0. The molecule has 4 rings (SSSR count). The Morgan fingerprint density at radius 1 is 1.14 bits per heavy atom. The number of nitrogens with zero attached hydrogens (tertiary/aromatic N) is 5. The summed E-state index contributed by atoms with van der Waals surface area (Å²) < 4.78 is 4.47. The van der Waals surface area contributed by atoms with Crippen molar-refractivity contribution in [1.29, 1.82) is 0 Å². The molecule has 3 heterocycles. The Morgan fingerprint density at radius 2 is 1.93 bits per heavy atom. The third kappa shape index (κ3) is 3.19. The van der Waals surface area contributed by atoms with Crippen molar-refractivity contribution < 1.29 is 0 Å². The maximum absolute atomic E-state index is 12.9. The number of guanidine groups is 1. The van der Waals surface area contributed by atoms with Crippen LogP contribution < -0.4 is 21.9 Å². The second-order valence-electron chi connectivity index (χ2n) is 6.81. The molecule has 3 aromatic rings. The van der Waals surface area contributed by atoms with Gasteiger partial charge in [0.15, 0.2) is 17.1 Å². The molecule has 2 N–H and O–H groups in total. The van der Waals surface area contributed by atoms with Crippen LogP contribution in [0.25, 0.3) is 11.2 Å². The first-order valence-electron chi connectivity index (χ1n) is 9.27. The molecule has 0 fully saturated rings. The van der Waals surface area contributed by atoms with Gasteiger partial charge in [-0.05, 0) is 5.56 Å². The number of aliphatic imine (C=N–C) groups is 1. The molecule has 0 amide bonds. The van der Waals surface area contributed by atoms with Crippen LogP contribution >= 0.6 is 0 Å². The monoisotopic (exact) mass is 381 g/mol. The van der Waals surface area contributed by atoms with E-state index in [-0.39, 0.29) is 11.2 Å². The zero-order chi connectivity index (χ0) is 19.7. The quantitative estimate of drug-likeness (QED) is 0.625. The molecule has 2 aromatic heterocycles. The van der Waals surface area contributed by atoms with Gasteiger partial charge in [0.05, 0.1) is 6.54 Å². The third-order valence-electron chi connectivity index (χ3n) is 4.93. The molecular weight excluding hydrogens is 358 g/mol. The average Bonchev–Trinajstić information content (AvgIpc) is 3.34. The number of hydrogen-bond donors (Lipinski definition) is 2. The minimum Gasteiger partial charge on any atom is -0.356 e. The molecular formula is C19H23N7O2. The van der Waals surface area contributed by atoms with Crippen LogP contribution in [0.4, 0.5) is 0 Å². The molecule has 146 valence electrons. The standard InChI is InChI=1S/C19H23N7O2/c1-24-16-15(17(27)25(2)19(24)28)26(12-13-6-4-3-5-7-13)14(23-16)8-9-20-18-21-10-11-22-18/h3-7H,8-12H2,1-2H3,(H2,20,21,22). The van der Waals surface area contributed by atoms with Gasteiger partial charge >= 0.3 is 5.69 Å². The van der Waals surface area contributed by atoms with E-state index < -0.39 is 0 Å². The maximum atomic E-state index is 12.9. The van der Waals surface area contributed by atoms with Crippen LogP contribution in [0.1, 0.15) is 11.4 Å². The van der Waals surface area contributed by atoms with E-state index in [9.17, 15) is 9.59 Å². The van der Waals surface area contributed by atoms with Crippen molar-refractivity contribution in [2.45, 2.75) is 13.0 Å². The van der Waals surface area contributed by atoms with E-state index in [2.05, 4.69) is 20.6 Å². The van der Waals surface area contributed by atoms with Crippen molar-refractivity contribution >= 4 is 17.1 Å². The number of nitrogens with one attached hydrogen (secondary N) is 2. The third-order valence-corrected chi connectivity index (χ3v) is 4.93. The fraction of sp³-hybridized carbons (Fsp3) is 0.368. The van der Waals surface area contributed by atoms with E-state index in [1.54, 1.807) is 7.05 Å². The van der Waals surface area contributed by atoms with E-state index >= 15 is 0 Å². The lowest BCUT2D eigenvalue weighted by atomic mass is 10.2. The van der Waals surface area contributed by atoms with E-state index in [4.69, 9.17) is 0 Å². The van der Waals surface area contributed by atoms with Crippen LogP contribution in [0, 0.1) is 0 Å². The molecule has 1 aliphatic heterocycles. The predicted octanol–water partition coefficient (Wildman–Crippen LogP) is -0.427. The molecule has 0 saturated heterocycles. The summed E-state index contributed by atoms with van der Waals surface area (Å²) in [7, 11) is 3.14. The van der Waals surface area contributed by atoms with Gasteiger partial charge in [-0.3, -0.25) is 18.9 Å². The number of aromatic nitrogens is 4. The molecule has 28 heavy (non-hydrogen) atoms. The Morgan fingerprint density at radius 3 is 2.64 bits per heavy atom. The van der Waals surface area contributed by atoms with Crippen LogP contribution in [0.2, 0.25) is 0 Å². The van der Waals surface area contributed by atoms with Gasteiger partial charge in [0, 0.05) is 40.2 Å². The lowest BCUT2D eigenvalue weighted by Gasteiger charge is -2.11. The molecule has 1 aromatic carbocycles. The first-order chi connectivity index (χ1) is 13.6. The Labute approximate surface area is 161 Å². The Balaban J connectivity index is 1.77. The van der Waals surface area contributed by atoms with E-state index in [1.807, 2.05) is 34.9 Å². The minimum atomic E-state index is -0.379. The molecule has 0 atom stereocenters. The Hall–Kier alpha value is -3.36. The fourth-order valence-electron chi connectivity index (χ4n) is 3.43. The van der Waals surface area contributed by atoms with Crippen molar-refractivity contribution in [3.8, 4) is 0 Å². The highest BCUT2D eigenvalue weighted by Gasteiger charge is 2.19. The van der Waals surface area contributed by atoms with Crippen molar-refractivity contribution in [2.24, 2.45) is 19.1 Å². The molecule has 9 nitrogen and oxygen atoms in total. The van der Waals surface area contributed by atoms with Crippen LogP contribution in [-0.4, -0.2) is 44.3 Å². The van der Waals surface area contributed by atoms with Gasteiger partial charge in [-0.1, -0.05) is 30.3 Å². The summed E-state index contributed by atoms with van der Waals surface area (Å²) in [6.45, 7) is 2.75. The van der Waals surface area contributed by atoms with Gasteiger partial charge in [0.25, 0.3) is 5.56 Å². The topological polar surface area (TPSA) is 98.2 Å². The van der Waals surface area contributed by atoms with Crippen molar-refractivity contribution in [3.63, 3.8) is 0 Å². The van der Waals surface area contributed by atoms with E-state index in [0.717, 1.165) is 35.0 Å². The highest BCUT2D eigenvalue weighted by atomic mass is 16.2. The van der Waals surface area contributed by atoms with Crippen LogP contribution in [0.5, 0.6) is 0 Å². The van der Waals surface area contributed by atoms with Gasteiger partial charge in [-0.2, -0.15) is 0 Å². The summed E-state index contributed by atoms with van der Waals surface area (Å²) in [5.74, 6) is 1.54. The van der Waals surface area contributed by atoms with Gasteiger partial charge < -0.3 is 15.2 Å². The van der Waals surface area contributed by atoms with Gasteiger partial charge in [-0.25, -0.2) is 9.78 Å². The zero-order valence-corrected chi connectivity index (χ0v) is 16.0. The predicted molar refractivity (Wildman–Crippen MR) is 108 cm³/mol. The second-order valence-corrected chi connectivity index (χ2v) is 6.81. The summed E-state index contributed by atoms with van der Waals surface area (Å²) >= 11 is 0. The smallest absolute Gasteiger partial charge is 0.332 e. The summed E-state index contributed by atoms with van der Waals surface area (Å²) in [4.78, 5) is 34.1. The molecule has 9 heteroatoms. The number of aryl methyl sites for hydroxylation is 1. The van der Waals surface area contributed by atoms with Crippen LogP contribution in [0.15, 0.2) is 44.9 Å². The Bertz CT molecular complexity index is 1150. The SMILES string of the molecule is Cn1c(=O)c2c(nc(CCNC3=NCCN3)n2Cc2ccccc2)n(C)c1=O. The van der Waals surface area contributed by atoms with Gasteiger partial charge in [-0.15, -0.1) is 0 Å². The van der Waals surface area contributed by atoms with E-state index in [0.29, 0.717) is 30.7 Å². The van der Waals surface area contributed by atoms with Gasteiger partial charge in [0.1, 0.15) is 5.82 Å². The normalized spacial score (nSPS) is 13.6. The van der Waals surface area contributed by atoms with Crippen molar-refractivity contribution in [1.82, 2.24) is 29.3 Å². The molecule has 0 aliphatic carbocycles. The number of fused-ring (bicyclic) bond motifs is 1. The summed E-state index contributed by atoms with van der Waals surface area (Å²) in [6.07, 6.45) is 0.597. The Kier molecular flexibility index (Phi) is 4.72. The molecule has 0 unspecified atom stereocenters. The van der Waals surface area contributed by atoms with E-state index in [1.165, 1.54) is 11.6 Å². The first kappa shape index (κ1) is 18.0. The lowest BCUT2D eigenvalue weighted by molar-refractivity contribution is 0.694. The van der Waals surface area contributed by atoms with Crippen LogP contribution in [-0.2, 0) is 27.1 Å².